The summed E-state index contributed by atoms with van der Waals surface area (Å²) in [6, 6.07) is 7.83. The molecule has 5 heteroatoms. The molecule has 0 bridgehead atoms. The van der Waals surface area contributed by atoms with Crippen molar-refractivity contribution in [2.45, 2.75) is 26.3 Å². The van der Waals surface area contributed by atoms with Gasteiger partial charge >= 0.3 is 0 Å². The lowest BCUT2D eigenvalue weighted by molar-refractivity contribution is 0.277. The van der Waals surface area contributed by atoms with E-state index in [1.165, 1.54) is 12.8 Å². The van der Waals surface area contributed by atoms with Crippen molar-refractivity contribution in [2.24, 2.45) is 16.6 Å². The van der Waals surface area contributed by atoms with E-state index in [2.05, 4.69) is 16.8 Å². The van der Waals surface area contributed by atoms with Crippen LogP contribution in [0.15, 0.2) is 33.7 Å². The number of hydrogen-bond acceptors (Lipinski definition) is 3. The fraction of sp³-hybridized carbons (Fsp3) is 0.471. The normalized spacial score (nSPS) is 17.2. The lowest BCUT2D eigenvalue weighted by atomic mass is 10.00. The first-order valence-corrected chi connectivity index (χ1v) is 7.78. The zero-order chi connectivity index (χ0) is 15.5. The molecule has 1 aromatic heterocycles. The minimum absolute atomic E-state index is 0.399. The molecule has 1 aromatic carbocycles. The number of hydrogen-bond donors (Lipinski definition) is 1. The standard InChI is InChI=1S/C17H23N3O2/c1-12-7-9-20(10-8-12)17(18)19-11-15-16(21-2)13-5-3-4-6-14(13)22-15/h3-6,12H,7-11H2,1-2H3,(H2,18,19). The van der Waals surface area contributed by atoms with Crippen LogP contribution in [0, 0.1) is 5.92 Å². The molecule has 0 atom stereocenters. The van der Waals surface area contributed by atoms with Gasteiger partial charge in [-0.05, 0) is 30.9 Å². The fourth-order valence-electron chi connectivity index (χ4n) is 2.89. The van der Waals surface area contributed by atoms with Crippen LogP contribution in [0.2, 0.25) is 0 Å². The first kappa shape index (κ1) is 14.8. The van der Waals surface area contributed by atoms with E-state index in [0.717, 1.165) is 41.5 Å². The molecule has 0 radical (unpaired) electrons. The molecule has 0 unspecified atom stereocenters. The van der Waals surface area contributed by atoms with Gasteiger partial charge in [0.15, 0.2) is 17.5 Å². The third-order valence-electron chi connectivity index (χ3n) is 4.31. The molecule has 2 heterocycles. The van der Waals surface area contributed by atoms with E-state index >= 15 is 0 Å². The van der Waals surface area contributed by atoms with Gasteiger partial charge in [0.2, 0.25) is 0 Å². The second kappa shape index (κ2) is 6.30. The van der Waals surface area contributed by atoms with Crippen LogP contribution < -0.4 is 10.5 Å². The van der Waals surface area contributed by atoms with Crippen molar-refractivity contribution in [2.75, 3.05) is 20.2 Å². The molecule has 2 aromatic rings. The van der Waals surface area contributed by atoms with Gasteiger partial charge in [0.25, 0.3) is 0 Å². The summed E-state index contributed by atoms with van der Waals surface area (Å²) < 4.78 is 11.3. The number of methoxy groups -OCH3 is 1. The molecule has 0 amide bonds. The summed E-state index contributed by atoms with van der Waals surface area (Å²) in [5.41, 5.74) is 6.94. The summed E-state index contributed by atoms with van der Waals surface area (Å²) in [7, 11) is 1.65. The second-order valence-corrected chi connectivity index (χ2v) is 5.90. The van der Waals surface area contributed by atoms with Crippen molar-refractivity contribution in [3.8, 4) is 5.75 Å². The van der Waals surface area contributed by atoms with Gasteiger partial charge in [-0.3, -0.25) is 0 Å². The Morgan fingerprint density at radius 1 is 1.36 bits per heavy atom. The third kappa shape index (κ3) is 2.89. The minimum Gasteiger partial charge on any atom is -0.492 e. The minimum atomic E-state index is 0.399. The summed E-state index contributed by atoms with van der Waals surface area (Å²) in [4.78, 5) is 6.64. The van der Waals surface area contributed by atoms with E-state index in [4.69, 9.17) is 14.9 Å². The number of nitrogens with zero attached hydrogens (tertiary/aromatic N) is 2. The molecular weight excluding hydrogens is 278 g/mol. The lowest BCUT2D eigenvalue weighted by Crippen LogP contribution is -2.42. The lowest BCUT2D eigenvalue weighted by Gasteiger charge is -2.30. The summed E-state index contributed by atoms with van der Waals surface area (Å²) in [5.74, 6) is 2.84. The highest BCUT2D eigenvalue weighted by Gasteiger charge is 2.18. The molecule has 118 valence electrons. The molecule has 2 N–H and O–H groups in total. The van der Waals surface area contributed by atoms with E-state index in [1.807, 2.05) is 24.3 Å². The quantitative estimate of drug-likeness (QED) is 0.699. The van der Waals surface area contributed by atoms with E-state index in [-0.39, 0.29) is 0 Å². The van der Waals surface area contributed by atoms with Gasteiger partial charge in [0.1, 0.15) is 12.1 Å². The van der Waals surface area contributed by atoms with Gasteiger partial charge in [0, 0.05) is 13.1 Å². The number of aliphatic imine (C=N–C) groups is 1. The number of furan rings is 1. The number of fused-ring (bicyclic) bond motifs is 1. The largest absolute Gasteiger partial charge is 0.492 e. The molecule has 1 saturated heterocycles. The van der Waals surface area contributed by atoms with Gasteiger partial charge < -0.3 is 19.8 Å². The Kier molecular flexibility index (Phi) is 4.22. The smallest absolute Gasteiger partial charge is 0.191 e. The Hall–Kier alpha value is -2.17. The van der Waals surface area contributed by atoms with Crippen LogP contribution in [0.1, 0.15) is 25.5 Å². The van der Waals surface area contributed by atoms with Crippen LogP contribution in [-0.2, 0) is 6.54 Å². The number of benzene rings is 1. The van der Waals surface area contributed by atoms with Gasteiger partial charge in [0.05, 0.1) is 12.5 Å². The number of piperidine rings is 1. The maximum absolute atomic E-state index is 6.12. The van der Waals surface area contributed by atoms with E-state index in [9.17, 15) is 0 Å². The number of para-hydroxylation sites is 1. The topological polar surface area (TPSA) is 64.0 Å². The summed E-state index contributed by atoms with van der Waals surface area (Å²) in [5, 5.41) is 0.973. The van der Waals surface area contributed by atoms with Crippen molar-refractivity contribution < 1.29 is 9.15 Å². The molecule has 0 aliphatic carbocycles. The molecule has 5 nitrogen and oxygen atoms in total. The van der Waals surface area contributed by atoms with Crippen LogP contribution in [0.3, 0.4) is 0 Å². The van der Waals surface area contributed by atoms with Crippen molar-refractivity contribution in [1.29, 1.82) is 0 Å². The SMILES string of the molecule is COc1c(CN=C(N)N2CCC(C)CC2)oc2ccccc12. The van der Waals surface area contributed by atoms with Crippen LogP contribution in [-0.4, -0.2) is 31.1 Å². The molecule has 1 fully saturated rings. The molecule has 3 rings (SSSR count). The number of likely N-dealkylation sites (tertiary alicyclic amines) is 1. The zero-order valence-corrected chi connectivity index (χ0v) is 13.2. The summed E-state index contributed by atoms with van der Waals surface area (Å²) in [6.45, 7) is 4.64. The van der Waals surface area contributed by atoms with Crippen molar-refractivity contribution in [3.63, 3.8) is 0 Å². The van der Waals surface area contributed by atoms with Crippen LogP contribution in [0.5, 0.6) is 5.75 Å². The Morgan fingerprint density at radius 2 is 2.09 bits per heavy atom. The Bertz CT molecular complexity index is 670. The van der Waals surface area contributed by atoms with Crippen molar-refractivity contribution >= 4 is 16.9 Å². The molecular formula is C17H23N3O2. The molecule has 0 spiro atoms. The first-order valence-electron chi connectivity index (χ1n) is 7.78. The predicted molar refractivity (Wildman–Crippen MR) is 88.1 cm³/mol. The average Bonchev–Trinajstić information content (AvgIpc) is 2.90. The highest BCUT2D eigenvalue weighted by Crippen LogP contribution is 2.33. The van der Waals surface area contributed by atoms with Crippen molar-refractivity contribution in [1.82, 2.24) is 4.90 Å². The Balaban J connectivity index is 1.76. The van der Waals surface area contributed by atoms with Gasteiger partial charge in [-0.2, -0.15) is 0 Å². The fourth-order valence-corrected chi connectivity index (χ4v) is 2.89. The number of nitrogens with two attached hydrogens (primary N) is 1. The predicted octanol–water partition coefficient (Wildman–Crippen LogP) is 2.99. The summed E-state index contributed by atoms with van der Waals surface area (Å²) in [6.07, 6.45) is 2.34. The number of ether oxygens (including phenoxy) is 1. The van der Waals surface area contributed by atoms with E-state index in [0.29, 0.717) is 12.5 Å². The number of guanidine groups is 1. The Labute approximate surface area is 130 Å². The number of rotatable bonds is 3. The van der Waals surface area contributed by atoms with Crippen LogP contribution in [0.4, 0.5) is 0 Å². The third-order valence-corrected chi connectivity index (χ3v) is 4.31. The maximum atomic E-state index is 6.12. The summed E-state index contributed by atoms with van der Waals surface area (Å²) >= 11 is 0. The van der Waals surface area contributed by atoms with Gasteiger partial charge in [-0.1, -0.05) is 19.1 Å². The van der Waals surface area contributed by atoms with E-state index < -0.39 is 0 Å². The van der Waals surface area contributed by atoms with E-state index in [1.54, 1.807) is 7.11 Å². The molecule has 1 aliphatic rings. The van der Waals surface area contributed by atoms with Crippen LogP contribution in [0.25, 0.3) is 11.0 Å². The Morgan fingerprint density at radius 3 is 2.82 bits per heavy atom. The average molecular weight is 301 g/mol. The first-order chi connectivity index (χ1) is 10.7. The second-order valence-electron chi connectivity index (χ2n) is 5.90. The molecule has 1 aliphatic heterocycles. The zero-order valence-electron chi connectivity index (χ0n) is 13.2. The highest BCUT2D eigenvalue weighted by atomic mass is 16.5. The maximum Gasteiger partial charge on any atom is 0.191 e. The van der Waals surface area contributed by atoms with Gasteiger partial charge in [-0.25, -0.2) is 4.99 Å². The van der Waals surface area contributed by atoms with Crippen LogP contribution >= 0.6 is 0 Å². The van der Waals surface area contributed by atoms with Gasteiger partial charge in [-0.15, -0.1) is 0 Å². The molecule has 22 heavy (non-hydrogen) atoms. The monoisotopic (exact) mass is 301 g/mol. The highest BCUT2D eigenvalue weighted by molar-refractivity contribution is 5.85. The molecule has 0 saturated carbocycles. The van der Waals surface area contributed by atoms with Crippen molar-refractivity contribution in [3.05, 3.63) is 30.0 Å².